The Labute approximate surface area is 237 Å². The fourth-order valence-electron chi connectivity index (χ4n) is 4.04. The zero-order valence-corrected chi connectivity index (χ0v) is 23.0. The van der Waals surface area contributed by atoms with E-state index >= 15 is 0 Å². The average molecular weight is 590 g/mol. The molecule has 11 heteroatoms. The number of benzene rings is 3. The molecule has 0 radical (unpaired) electrons. The highest BCUT2D eigenvalue weighted by molar-refractivity contribution is 8.35. The maximum absolute atomic E-state index is 14.1. The van der Waals surface area contributed by atoms with Crippen LogP contribution in [0.15, 0.2) is 78.9 Å². The molecule has 210 valence electrons. The lowest BCUT2D eigenvalue weighted by atomic mass is 10.0. The first kappa shape index (κ1) is 29.3. The summed E-state index contributed by atoms with van der Waals surface area (Å²) < 4.78 is 54.2. The number of hydrogen-bond donors (Lipinski definition) is 1. The van der Waals surface area contributed by atoms with Gasteiger partial charge >= 0.3 is 12.1 Å². The van der Waals surface area contributed by atoms with Crippen molar-refractivity contribution in [1.82, 2.24) is 4.90 Å². The highest BCUT2D eigenvalue weighted by atomic mass is 32.2. The summed E-state index contributed by atoms with van der Waals surface area (Å²) in [4.78, 5) is 24.5. The smallest absolute Gasteiger partial charge is 0.429 e. The first-order valence-corrected chi connectivity index (χ1v) is 14.1. The molecule has 1 fully saturated rings. The van der Waals surface area contributed by atoms with Crippen LogP contribution in [-0.2, 0) is 9.59 Å². The Morgan fingerprint density at radius 2 is 1.68 bits per heavy atom. The van der Waals surface area contributed by atoms with Gasteiger partial charge in [0.25, 0.3) is 0 Å². The Kier molecular flexibility index (Phi) is 9.26. The molecule has 3 atom stereocenters. The summed E-state index contributed by atoms with van der Waals surface area (Å²) in [5, 5.41) is 10.7. The van der Waals surface area contributed by atoms with Crippen molar-refractivity contribution in [3.05, 3.63) is 95.6 Å². The molecule has 3 aromatic carbocycles. The third-order valence-corrected chi connectivity index (χ3v) is 8.71. The molecule has 3 aromatic rings. The largest absolute Gasteiger partial charge is 0.489 e. The van der Waals surface area contributed by atoms with Crippen LogP contribution in [0.5, 0.6) is 11.5 Å². The van der Waals surface area contributed by atoms with Gasteiger partial charge < -0.3 is 14.6 Å². The van der Waals surface area contributed by atoms with Gasteiger partial charge in [-0.05, 0) is 28.6 Å². The molecule has 1 saturated heterocycles. The van der Waals surface area contributed by atoms with Crippen LogP contribution in [0.1, 0.15) is 35.6 Å². The number of carbonyl (C=O) groups is 2. The van der Waals surface area contributed by atoms with Gasteiger partial charge in [-0.3, -0.25) is 14.5 Å². The van der Waals surface area contributed by atoms with Gasteiger partial charge in [0, 0.05) is 11.5 Å². The van der Waals surface area contributed by atoms with E-state index in [0.29, 0.717) is 5.56 Å². The minimum Gasteiger partial charge on any atom is -0.489 e. The molecule has 6 nitrogen and oxygen atoms in total. The normalized spacial score (nSPS) is 17.1. The molecule has 1 aliphatic heterocycles. The van der Waals surface area contributed by atoms with Crippen molar-refractivity contribution in [1.29, 1.82) is 0 Å². The lowest BCUT2D eigenvalue weighted by Crippen LogP contribution is -2.33. The van der Waals surface area contributed by atoms with Crippen molar-refractivity contribution in [3.8, 4) is 11.5 Å². The van der Waals surface area contributed by atoms with E-state index < -0.39 is 41.2 Å². The van der Waals surface area contributed by atoms with Crippen LogP contribution in [-0.4, -0.2) is 56.7 Å². The van der Waals surface area contributed by atoms with E-state index in [1.165, 1.54) is 36.4 Å². The lowest BCUT2D eigenvalue weighted by molar-refractivity contribution is -0.198. The Bertz CT molecular complexity index is 1410. The number of aliphatic carboxylic acids is 1. The second-order valence-corrected chi connectivity index (χ2v) is 11.5. The predicted octanol–water partition coefficient (Wildman–Crippen LogP) is 6.18. The van der Waals surface area contributed by atoms with Crippen molar-refractivity contribution >= 4 is 44.3 Å². The van der Waals surface area contributed by atoms with Gasteiger partial charge in [0.2, 0.25) is 12.0 Å². The van der Waals surface area contributed by atoms with Gasteiger partial charge in [0.15, 0.2) is 11.5 Å². The van der Waals surface area contributed by atoms with E-state index in [0.717, 1.165) is 10.5 Å². The topological polar surface area (TPSA) is 76.1 Å². The average Bonchev–Trinajstić information content (AvgIpc) is 3.18. The van der Waals surface area contributed by atoms with Gasteiger partial charge in [0.05, 0.1) is 12.4 Å². The highest BCUT2D eigenvalue weighted by Gasteiger charge is 2.43. The first-order valence-electron chi connectivity index (χ1n) is 12.2. The summed E-state index contributed by atoms with van der Waals surface area (Å²) in [6.07, 6.45) is -6.96. The number of ether oxygens (including phenoxy) is 2. The summed E-state index contributed by atoms with van der Waals surface area (Å²) in [5.41, 5.74) is 1.41. The predicted molar refractivity (Wildman–Crippen MR) is 152 cm³/mol. The maximum atomic E-state index is 14.1. The Hall–Kier alpha value is -3.70. The third-order valence-electron chi connectivity index (χ3n) is 6.07. The molecular formula is C29H26F3NO5S2. The Morgan fingerprint density at radius 1 is 1.05 bits per heavy atom. The second-order valence-electron chi connectivity index (χ2n) is 9.11. The van der Waals surface area contributed by atoms with Crippen LogP contribution in [0.4, 0.5) is 13.2 Å². The SMILES string of the molecule is C[C@H](COc1ccc(/C=S2/CC(=O)N(CC(=O)O)C2=S)cc1O[C@@H](c1ccccc1)C(F)(F)F)c1ccccc1. The number of carboxylic acids is 1. The number of amides is 1. The van der Waals surface area contributed by atoms with Crippen molar-refractivity contribution in [2.24, 2.45) is 0 Å². The Morgan fingerprint density at radius 3 is 2.27 bits per heavy atom. The lowest BCUT2D eigenvalue weighted by Gasteiger charge is -2.24. The first-order chi connectivity index (χ1) is 19.0. The van der Waals surface area contributed by atoms with Crippen LogP contribution in [0.2, 0.25) is 0 Å². The van der Waals surface area contributed by atoms with Crippen molar-refractivity contribution < 1.29 is 37.3 Å². The molecule has 0 aromatic heterocycles. The summed E-state index contributed by atoms with van der Waals surface area (Å²) in [6, 6.07) is 21.5. The maximum Gasteiger partial charge on any atom is 0.429 e. The minimum absolute atomic E-state index is 0.00959. The molecule has 1 unspecified atom stereocenters. The van der Waals surface area contributed by atoms with Crippen molar-refractivity contribution in [2.45, 2.75) is 25.1 Å². The zero-order valence-electron chi connectivity index (χ0n) is 21.3. The fraction of sp³-hybridized carbons (Fsp3) is 0.241. The number of rotatable bonds is 10. The molecule has 0 saturated carbocycles. The third kappa shape index (κ3) is 7.28. The number of hydrogen-bond acceptors (Lipinski definition) is 5. The van der Waals surface area contributed by atoms with Gasteiger partial charge in [-0.1, -0.05) is 85.9 Å². The van der Waals surface area contributed by atoms with Gasteiger partial charge in [-0.25, -0.2) is 0 Å². The van der Waals surface area contributed by atoms with E-state index in [1.807, 2.05) is 37.3 Å². The second kappa shape index (κ2) is 12.6. The molecular weight excluding hydrogens is 563 g/mol. The Balaban J connectivity index is 1.67. The number of nitrogens with zero attached hydrogens (tertiary/aromatic N) is 1. The van der Waals surface area contributed by atoms with Crippen LogP contribution in [0, 0.1) is 0 Å². The van der Waals surface area contributed by atoms with E-state index in [9.17, 15) is 22.8 Å². The van der Waals surface area contributed by atoms with Crippen LogP contribution < -0.4 is 9.47 Å². The van der Waals surface area contributed by atoms with E-state index in [1.54, 1.807) is 17.5 Å². The monoisotopic (exact) mass is 589 g/mol. The van der Waals surface area contributed by atoms with Crippen molar-refractivity contribution in [2.75, 3.05) is 18.9 Å². The number of alkyl halides is 3. The number of carbonyl (C=O) groups excluding carboxylic acids is 1. The van der Waals surface area contributed by atoms with Crippen LogP contribution in [0.25, 0.3) is 0 Å². The molecule has 1 aliphatic rings. The number of carboxylic acid groups (broad SMARTS) is 1. The standard InChI is InChI=1S/C29H26F3NO5S2/c1-19(21-8-4-2-5-9-21)16-37-23-13-12-20(17-40-18-25(34)33(28(40)39)15-26(35)36)14-24(23)38-27(29(30,31)32)22-10-6-3-7-11-22/h2-14,17,19,27H,15-16,18H2,1H3,(H,35,36)/t19-,27+,40?/m1/s1. The molecule has 40 heavy (non-hydrogen) atoms. The van der Waals surface area contributed by atoms with Gasteiger partial charge in [-0.15, -0.1) is 10.5 Å². The van der Waals surface area contributed by atoms with Gasteiger partial charge in [0.1, 0.15) is 10.9 Å². The molecule has 1 amide bonds. The van der Waals surface area contributed by atoms with Crippen LogP contribution >= 0.6 is 22.7 Å². The molecule has 1 N–H and O–H groups in total. The molecule has 1 heterocycles. The highest BCUT2D eigenvalue weighted by Crippen LogP contribution is 2.41. The molecule has 0 bridgehead atoms. The van der Waals surface area contributed by atoms with E-state index in [2.05, 4.69) is 0 Å². The van der Waals surface area contributed by atoms with E-state index in [4.69, 9.17) is 26.8 Å². The summed E-state index contributed by atoms with van der Waals surface area (Å²) in [6.45, 7) is 1.60. The zero-order chi connectivity index (χ0) is 28.9. The summed E-state index contributed by atoms with van der Waals surface area (Å²) in [5.74, 6) is -1.66. The van der Waals surface area contributed by atoms with Crippen molar-refractivity contribution in [3.63, 3.8) is 0 Å². The quantitative estimate of drug-likeness (QED) is 0.285. The molecule has 4 rings (SSSR count). The molecule has 0 aliphatic carbocycles. The summed E-state index contributed by atoms with van der Waals surface area (Å²) in [7, 11) is -0.915. The van der Waals surface area contributed by atoms with Gasteiger partial charge in [-0.2, -0.15) is 13.2 Å². The van der Waals surface area contributed by atoms with Crippen LogP contribution in [0.3, 0.4) is 0 Å². The summed E-state index contributed by atoms with van der Waals surface area (Å²) >= 11 is 5.33. The fourth-order valence-corrected chi connectivity index (χ4v) is 6.18. The molecule has 0 spiro atoms. The van der Waals surface area contributed by atoms with E-state index in [-0.39, 0.29) is 39.7 Å². The number of thiocarbonyl (C=S) groups is 1. The number of halogens is 3. The minimum atomic E-state index is -4.71.